The number of hydrogen-bond donors (Lipinski definition) is 1. The second kappa shape index (κ2) is 10.3. The Kier molecular flexibility index (Phi) is 7.19. The van der Waals surface area contributed by atoms with Crippen LogP contribution >= 0.6 is 0 Å². The predicted molar refractivity (Wildman–Crippen MR) is 149 cm³/mol. The van der Waals surface area contributed by atoms with E-state index in [0.29, 0.717) is 18.6 Å². The lowest BCUT2D eigenvalue weighted by Crippen LogP contribution is -2.21. The van der Waals surface area contributed by atoms with Gasteiger partial charge in [-0.15, -0.1) is 0 Å². The molecule has 0 heterocycles. The number of methoxy groups -OCH3 is 2. The van der Waals surface area contributed by atoms with Gasteiger partial charge in [0.25, 0.3) is 0 Å². The van der Waals surface area contributed by atoms with Gasteiger partial charge in [-0.05, 0) is 83.2 Å². The second-order valence-electron chi connectivity index (χ2n) is 11.9. The number of aliphatic carboxylic acids is 1. The topological polar surface area (TPSA) is 65.0 Å². The van der Waals surface area contributed by atoms with Crippen molar-refractivity contribution in [3.63, 3.8) is 0 Å². The third-order valence-corrected chi connectivity index (χ3v) is 8.36. The van der Waals surface area contributed by atoms with Gasteiger partial charge in [-0.1, -0.05) is 51.1 Å². The van der Waals surface area contributed by atoms with E-state index >= 15 is 4.39 Å². The summed E-state index contributed by atoms with van der Waals surface area (Å²) in [5, 5.41) is 9.65. The molecule has 5 nitrogen and oxygen atoms in total. The fourth-order valence-corrected chi connectivity index (χ4v) is 6.41. The molecule has 0 amide bonds. The van der Waals surface area contributed by atoms with Gasteiger partial charge in [0.1, 0.15) is 12.4 Å². The van der Waals surface area contributed by atoms with E-state index in [0.717, 1.165) is 47.3 Å². The molecule has 0 bridgehead atoms. The lowest BCUT2D eigenvalue weighted by atomic mass is 9.78. The number of hydrogen-bond acceptors (Lipinski definition) is 4. The molecule has 1 spiro atoms. The highest BCUT2D eigenvalue weighted by Gasteiger charge is 2.60. The zero-order valence-corrected chi connectivity index (χ0v) is 23.3. The van der Waals surface area contributed by atoms with Crippen LogP contribution in [0.5, 0.6) is 11.5 Å². The molecule has 3 aromatic rings. The van der Waals surface area contributed by atoms with Crippen LogP contribution in [0.15, 0.2) is 54.6 Å². The van der Waals surface area contributed by atoms with Gasteiger partial charge in [0.2, 0.25) is 0 Å². The minimum atomic E-state index is -0.708. The molecule has 0 unspecified atom stereocenters. The largest absolute Gasteiger partial charge is 0.494 e. The van der Waals surface area contributed by atoms with Gasteiger partial charge in [-0.25, -0.2) is 4.39 Å². The highest BCUT2D eigenvalue weighted by atomic mass is 19.1. The highest BCUT2D eigenvalue weighted by Crippen LogP contribution is 2.60. The van der Waals surface area contributed by atoms with Crippen molar-refractivity contribution >= 4 is 5.97 Å². The Labute approximate surface area is 229 Å². The van der Waals surface area contributed by atoms with Gasteiger partial charge < -0.3 is 19.3 Å². The van der Waals surface area contributed by atoms with E-state index in [4.69, 9.17) is 14.2 Å². The number of ether oxygens (including phenoxy) is 3. The molecule has 6 heteroatoms. The Morgan fingerprint density at radius 1 is 1.10 bits per heavy atom. The van der Waals surface area contributed by atoms with E-state index in [-0.39, 0.29) is 28.6 Å². The van der Waals surface area contributed by atoms with Crippen LogP contribution in [0, 0.1) is 17.2 Å². The van der Waals surface area contributed by atoms with Crippen LogP contribution in [0.3, 0.4) is 0 Å². The second-order valence-corrected chi connectivity index (χ2v) is 11.9. The average Bonchev–Trinajstić information content (AvgIpc) is 3.63. The van der Waals surface area contributed by atoms with Gasteiger partial charge >= 0.3 is 5.97 Å². The Morgan fingerprint density at radius 3 is 2.56 bits per heavy atom. The minimum absolute atomic E-state index is 0.196. The number of carboxylic acid groups (broad SMARTS) is 1. The predicted octanol–water partition coefficient (Wildman–Crippen LogP) is 7.49. The SMILES string of the molecule is COc1cccc(-c2ccc(COc3ccc4c(c3)[C@@]3(CCC4)C[C@@H]3C(=O)O)cc2[C@@H](OC)C(C)(C)C)c1F. The molecule has 2 aliphatic rings. The standard InChI is InChI=1S/C33H37FO5/c1-32(2,3)30(38-5)25-16-20(11-14-23(25)24-9-6-10-28(37-4)29(24)34)19-39-22-13-12-21-8-7-15-33(26(21)17-22)18-27(33)31(35)36/h6,9-14,16-17,27,30H,7-8,15,18-19H2,1-5H3,(H,35,36)/t27-,30-,33-/m1/s1. The third kappa shape index (κ3) is 5.03. The summed E-state index contributed by atoms with van der Waals surface area (Å²) in [6.45, 7) is 6.62. The molecule has 0 saturated heterocycles. The molecular weight excluding hydrogens is 495 g/mol. The van der Waals surface area contributed by atoms with Crippen molar-refractivity contribution < 1.29 is 28.5 Å². The van der Waals surface area contributed by atoms with Crippen LogP contribution in [0.4, 0.5) is 4.39 Å². The van der Waals surface area contributed by atoms with Crippen LogP contribution in [-0.4, -0.2) is 25.3 Å². The van der Waals surface area contributed by atoms with Crippen molar-refractivity contribution in [2.75, 3.05) is 14.2 Å². The van der Waals surface area contributed by atoms with Crippen molar-refractivity contribution in [2.24, 2.45) is 11.3 Å². The lowest BCUT2D eigenvalue weighted by Gasteiger charge is -2.32. The van der Waals surface area contributed by atoms with Crippen molar-refractivity contribution in [1.29, 1.82) is 0 Å². The zero-order valence-electron chi connectivity index (χ0n) is 23.3. The fraction of sp³-hybridized carbons (Fsp3) is 0.424. The number of carboxylic acids is 1. The molecule has 2 aliphatic carbocycles. The molecular formula is C33H37FO5. The quantitative estimate of drug-likeness (QED) is 0.326. The maximum absolute atomic E-state index is 15.3. The van der Waals surface area contributed by atoms with Crippen molar-refractivity contribution in [3.8, 4) is 22.6 Å². The Morgan fingerprint density at radius 2 is 1.90 bits per heavy atom. The van der Waals surface area contributed by atoms with Gasteiger partial charge in [0.15, 0.2) is 11.6 Å². The van der Waals surface area contributed by atoms with E-state index in [1.54, 1.807) is 25.3 Å². The maximum atomic E-state index is 15.3. The molecule has 1 saturated carbocycles. The third-order valence-electron chi connectivity index (χ3n) is 8.36. The normalized spacial score (nSPS) is 20.8. The summed E-state index contributed by atoms with van der Waals surface area (Å²) in [7, 11) is 3.14. The van der Waals surface area contributed by atoms with Crippen LogP contribution in [0.2, 0.25) is 0 Å². The Balaban J connectivity index is 1.46. The summed E-state index contributed by atoms with van der Waals surface area (Å²) in [6.07, 6.45) is 3.33. The van der Waals surface area contributed by atoms with E-state index in [9.17, 15) is 9.90 Å². The summed E-state index contributed by atoms with van der Waals surface area (Å²) in [6, 6.07) is 17.2. The van der Waals surface area contributed by atoms with Crippen LogP contribution < -0.4 is 9.47 Å². The summed E-state index contributed by atoms with van der Waals surface area (Å²) >= 11 is 0. The number of benzene rings is 3. The van der Waals surface area contributed by atoms with E-state index in [2.05, 4.69) is 26.8 Å². The Hall–Kier alpha value is -3.38. The maximum Gasteiger partial charge on any atom is 0.307 e. The molecule has 3 aromatic carbocycles. The van der Waals surface area contributed by atoms with Crippen LogP contribution in [0.25, 0.3) is 11.1 Å². The number of carbonyl (C=O) groups is 1. The molecule has 0 aromatic heterocycles. The number of rotatable bonds is 8. The van der Waals surface area contributed by atoms with Gasteiger partial charge in [0, 0.05) is 18.1 Å². The van der Waals surface area contributed by atoms with E-state index in [1.165, 1.54) is 12.7 Å². The minimum Gasteiger partial charge on any atom is -0.494 e. The van der Waals surface area contributed by atoms with E-state index in [1.807, 2.05) is 30.3 Å². The summed E-state index contributed by atoms with van der Waals surface area (Å²) in [4.78, 5) is 11.7. The smallest absolute Gasteiger partial charge is 0.307 e. The molecule has 39 heavy (non-hydrogen) atoms. The van der Waals surface area contributed by atoms with Crippen LogP contribution in [0.1, 0.15) is 68.4 Å². The van der Waals surface area contributed by atoms with Crippen molar-refractivity contribution in [1.82, 2.24) is 0 Å². The molecule has 0 aliphatic heterocycles. The average molecular weight is 533 g/mol. The Bertz CT molecular complexity index is 1390. The lowest BCUT2D eigenvalue weighted by molar-refractivity contribution is -0.139. The van der Waals surface area contributed by atoms with Crippen molar-refractivity contribution in [3.05, 3.63) is 82.7 Å². The van der Waals surface area contributed by atoms with Gasteiger partial charge in [-0.2, -0.15) is 0 Å². The summed E-state index contributed by atoms with van der Waals surface area (Å²) in [5.41, 5.74) is 4.91. The van der Waals surface area contributed by atoms with E-state index < -0.39 is 11.8 Å². The molecule has 3 atom stereocenters. The summed E-state index contributed by atoms with van der Waals surface area (Å²) in [5.74, 6) is -0.490. The number of fused-ring (bicyclic) bond motifs is 2. The zero-order chi connectivity index (χ0) is 27.9. The monoisotopic (exact) mass is 532 g/mol. The first-order valence-electron chi connectivity index (χ1n) is 13.6. The van der Waals surface area contributed by atoms with Crippen LogP contribution in [-0.2, 0) is 28.0 Å². The first-order valence-corrected chi connectivity index (χ1v) is 13.6. The number of aryl methyl sites for hydroxylation is 1. The molecule has 206 valence electrons. The molecule has 0 radical (unpaired) electrons. The highest BCUT2D eigenvalue weighted by molar-refractivity contribution is 5.78. The summed E-state index contributed by atoms with van der Waals surface area (Å²) < 4.78 is 32.8. The van der Waals surface area contributed by atoms with Crippen molar-refractivity contribution in [2.45, 2.75) is 64.6 Å². The molecule has 1 N–H and O–H groups in total. The molecule has 5 rings (SSSR count). The first kappa shape index (κ1) is 27.2. The molecule has 1 fully saturated rings. The fourth-order valence-electron chi connectivity index (χ4n) is 6.41. The van der Waals surface area contributed by atoms with Gasteiger partial charge in [0.05, 0.1) is 19.1 Å². The van der Waals surface area contributed by atoms with Gasteiger partial charge in [-0.3, -0.25) is 4.79 Å². The first-order chi connectivity index (χ1) is 18.6. The number of halogens is 1.